The third-order valence-electron chi connectivity index (χ3n) is 8.05. The molecule has 1 atom stereocenters. The quantitative estimate of drug-likeness (QED) is 0.306. The van der Waals surface area contributed by atoms with Gasteiger partial charge in [-0.15, -0.1) is 0 Å². The molecule has 3 aromatic rings. The molecule has 5 rings (SSSR count). The molecule has 3 aromatic carbocycles. The van der Waals surface area contributed by atoms with Crippen molar-refractivity contribution in [1.29, 1.82) is 5.26 Å². The summed E-state index contributed by atoms with van der Waals surface area (Å²) in [5.41, 5.74) is 14.0. The second-order valence-corrected chi connectivity index (χ2v) is 13.0. The van der Waals surface area contributed by atoms with Crippen molar-refractivity contribution in [2.45, 2.75) is 60.0 Å². The van der Waals surface area contributed by atoms with E-state index in [1.54, 1.807) is 0 Å². The van der Waals surface area contributed by atoms with E-state index in [1.165, 1.54) is 0 Å². The predicted octanol–water partition coefficient (Wildman–Crippen LogP) is 8.55. The fourth-order valence-corrected chi connectivity index (χ4v) is 6.51. The lowest BCUT2D eigenvalue weighted by Crippen LogP contribution is -2.42. The molecule has 0 bridgehead atoms. The minimum atomic E-state index is -0.571. The molecule has 0 amide bonds. The van der Waals surface area contributed by atoms with Crippen LogP contribution >= 0.6 is 27.5 Å². The summed E-state index contributed by atoms with van der Waals surface area (Å²) in [6.45, 7) is 10.5. The topological polar surface area (TPSA) is 79.3 Å². The summed E-state index contributed by atoms with van der Waals surface area (Å²) in [4.78, 5) is 15.9. The number of ketones is 1. The number of allylic oxidation sites excluding steroid dienone is 3. The van der Waals surface area contributed by atoms with Crippen molar-refractivity contribution >= 4 is 39.0 Å². The van der Waals surface area contributed by atoms with Crippen LogP contribution in [0, 0.1) is 37.5 Å². The summed E-state index contributed by atoms with van der Waals surface area (Å²) in [6, 6.07) is 20.0. The molecule has 2 N–H and O–H groups in total. The first-order valence-electron chi connectivity index (χ1n) is 13.6. The maximum absolute atomic E-state index is 14.0. The Kier molecular flexibility index (Phi) is 7.80. The van der Waals surface area contributed by atoms with E-state index in [0.29, 0.717) is 41.4 Å². The first-order chi connectivity index (χ1) is 19.4. The monoisotopic (exact) mass is 629 g/mol. The highest BCUT2D eigenvalue weighted by molar-refractivity contribution is 9.10. The Labute approximate surface area is 255 Å². The molecule has 1 heterocycles. The number of carbonyl (C=O) groups is 1. The van der Waals surface area contributed by atoms with Gasteiger partial charge in [-0.1, -0.05) is 55.8 Å². The Morgan fingerprint density at radius 2 is 1.80 bits per heavy atom. The van der Waals surface area contributed by atoms with Gasteiger partial charge in [0, 0.05) is 28.4 Å². The number of halogens is 2. The van der Waals surface area contributed by atoms with E-state index in [9.17, 15) is 10.1 Å². The van der Waals surface area contributed by atoms with Crippen LogP contribution in [0.15, 0.2) is 81.7 Å². The molecule has 1 aliphatic heterocycles. The first kappa shape index (κ1) is 29.0. The smallest absolute Gasteiger partial charge is 0.162 e. The van der Waals surface area contributed by atoms with Crippen molar-refractivity contribution in [2.75, 3.05) is 4.90 Å². The molecule has 1 aliphatic carbocycles. The van der Waals surface area contributed by atoms with Gasteiger partial charge in [0.15, 0.2) is 5.78 Å². The lowest BCUT2D eigenvalue weighted by molar-refractivity contribution is -0.118. The molecule has 0 saturated carbocycles. The summed E-state index contributed by atoms with van der Waals surface area (Å²) in [7, 11) is 0. The third kappa shape index (κ3) is 5.41. The average Bonchev–Trinajstić information content (AvgIpc) is 2.90. The Hall–Kier alpha value is -3.53. The van der Waals surface area contributed by atoms with E-state index in [0.717, 1.165) is 49.4 Å². The number of carbonyl (C=O) groups excluding carboxylic acids is 1. The third-order valence-corrected chi connectivity index (χ3v) is 9.11. The number of Topliss-reactive ketones (excluding diaryl/α,β-unsaturated/α-hetero) is 1. The van der Waals surface area contributed by atoms with Crippen LogP contribution < -0.4 is 15.4 Å². The Bertz CT molecular complexity index is 1680. The minimum absolute atomic E-state index is 0.0377. The maximum Gasteiger partial charge on any atom is 0.162 e. The van der Waals surface area contributed by atoms with Gasteiger partial charge in [-0.3, -0.25) is 9.69 Å². The van der Waals surface area contributed by atoms with Gasteiger partial charge in [0.25, 0.3) is 0 Å². The summed E-state index contributed by atoms with van der Waals surface area (Å²) >= 11 is 10.1. The standard InChI is InChI=1S/C34H33BrClN3O2/c1-19-10-11-23(14-27(19)36)39-28-15-34(4,5)16-29(40)32(28)31(25(17-37)33(39)38)24-13-22(20(2)12-21(24)3)18-41-30-9-7-6-8-26(30)35/h6-14,31H,15-16,18,38H2,1-5H3. The van der Waals surface area contributed by atoms with Crippen LogP contribution in [0.5, 0.6) is 5.75 Å². The van der Waals surface area contributed by atoms with Crippen molar-refractivity contribution in [3.63, 3.8) is 0 Å². The van der Waals surface area contributed by atoms with Crippen LogP contribution in [0.1, 0.15) is 60.4 Å². The Morgan fingerprint density at radius 3 is 2.49 bits per heavy atom. The highest BCUT2D eigenvalue weighted by Crippen LogP contribution is 2.51. The Balaban J connectivity index is 1.68. The van der Waals surface area contributed by atoms with Gasteiger partial charge < -0.3 is 10.5 Å². The highest BCUT2D eigenvalue weighted by atomic mass is 79.9. The van der Waals surface area contributed by atoms with Gasteiger partial charge in [0.05, 0.1) is 22.0 Å². The zero-order valence-electron chi connectivity index (χ0n) is 23.9. The van der Waals surface area contributed by atoms with E-state index in [-0.39, 0.29) is 11.2 Å². The number of aryl methyl sites for hydroxylation is 3. The highest BCUT2D eigenvalue weighted by Gasteiger charge is 2.45. The number of benzene rings is 3. The van der Waals surface area contributed by atoms with Gasteiger partial charge in [0.1, 0.15) is 18.2 Å². The molecule has 0 radical (unpaired) electrons. The molecule has 41 heavy (non-hydrogen) atoms. The molecule has 0 saturated heterocycles. The number of rotatable bonds is 5. The van der Waals surface area contributed by atoms with Crippen molar-refractivity contribution in [2.24, 2.45) is 11.1 Å². The predicted molar refractivity (Wildman–Crippen MR) is 168 cm³/mol. The molecular formula is C34H33BrClN3O2. The van der Waals surface area contributed by atoms with Crippen LogP contribution in [0.3, 0.4) is 0 Å². The summed E-state index contributed by atoms with van der Waals surface area (Å²) in [6.07, 6.45) is 1.03. The molecule has 0 spiro atoms. The second kappa shape index (κ2) is 11.0. The average molecular weight is 631 g/mol. The van der Waals surface area contributed by atoms with Crippen LogP contribution in [0.4, 0.5) is 5.69 Å². The molecular weight excluding hydrogens is 598 g/mol. The van der Waals surface area contributed by atoms with E-state index in [4.69, 9.17) is 22.1 Å². The first-order valence-corrected chi connectivity index (χ1v) is 14.8. The minimum Gasteiger partial charge on any atom is -0.488 e. The van der Waals surface area contributed by atoms with Crippen molar-refractivity contribution in [3.05, 3.63) is 115 Å². The van der Waals surface area contributed by atoms with Crippen LogP contribution in [-0.2, 0) is 11.4 Å². The van der Waals surface area contributed by atoms with Crippen molar-refractivity contribution in [3.8, 4) is 11.8 Å². The number of anilines is 1. The molecule has 1 unspecified atom stereocenters. The largest absolute Gasteiger partial charge is 0.488 e. The van der Waals surface area contributed by atoms with Crippen LogP contribution in [0.2, 0.25) is 5.02 Å². The van der Waals surface area contributed by atoms with E-state index in [1.807, 2.05) is 68.1 Å². The summed E-state index contributed by atoms with van der Waals surface area (Å²) in [5.74, 6) is 0.539. The lowest BCUT2D eigenvalue weighted by atomic mass is 9.68. The number of nitrogens with two attached hydrogens (primary N) is 1. The number of ether oxygens (including phenoxy) is 1. The Morgan fingerprint density at radius 1 is 1.07 bits per heavy atom. The molecule has 0 aromatic heterocycles. The number of hydrogen-bond donors (Lipinski definition) is 1. The fourth-order valence-electron chi connectivity index (χ4n) is 5.94. The summed E-state index contributed by atoms with van der Waals surface area (Å²) < 4.78 is 7.04. The van der Waals surface area contributed by atoms with Gasteiger partial charge in [-0.05, 0) is 101 Å². The lowest BCUT2D eigenvalue weighted by Gasteiger charge is -2.44. The van der Waals surface area contributed by atoms with Crippen LogP contribution in [0.25, 0.3) is 0 Å². The van der Waals surface area contributed by atoms with E-state index < -0.39 is 5.92 Å². The maximum atomic E-state index is 14.0. The zero-order chi connectivity index (χ0) is 29.6. The second-order valence-electron chi connectivity index (χ2n) is 11.8. The molecule has 0 fully saturated rings. The van der Waals surface area contributed by atoms with E-state index >= 15 is 0 Å². The molecule has 5 nitrogen and oxygen atoms in total. The van der Waals surface area contributed by atoms with Crippen LogP contribution in [-0.4, -0.2) is 5.78 Å². The number of nitriles is 1. The normalized spacial score (nSPS) is 18.3. The van der Waals surface area contributed by atoms with Crippen molar-refractivity contribution < 1.29 is 9.53 Å². The van der Waals surface area contributed by atoms with Gasteiger partial charge in [0.2, 0.25) is 0 Å². The van der Waals surface area contributed by atoms with Gasteiger partial charge in [-0.2, -0.15) is 5.26 Å². The number of nitrogens with zero attached hydrogens (tertiary/aromatic N) is 2. The number of hydrogen-bond acceptors (Lipinski definition) is 5. The fraction of sp³-hybridized carbons (Fsp3) is 0.294. The molecule has 2 aliphatic rings. The number of para-hydroxylation sites is 1. The SMILES string of the molecule is Cc1ccc(N2C(N)=C(C#N)C(c3cc(COc4ccccc4Br)c(C)cc3C)C3=C2CC(C)(C)CC3=O)cc1Cl. The molecule has 210 valence electrons. The van der Waals surface area contributed by atoms with E-state index in [2.05, 4.69) is 48.0 Å². The molecule has 7 heteroatoms. The summed E-state index contributed by atoms with van der Waals surface area (Å²) in [5, 5.41) is 11.1. The van der Waals surface area contributed by atoms with Gasteiger partial charge >= 0.3 is 0 Å². The van der Waals surface area contributed by atoms with Crippen molar-refractivity contribution in [1.82, 2.24) is 0 Å². The zero-order valence-corrected chi connectivity index (χ0v) is 26.3. The van der Waals surface area contributed by atoms with Gasteiger partial charge in [-0.25, -0.2) is 0 Å².